The Morgan fingerprint density at radius 2 is 2.05 bits per heavy atom. The number of ether oxygens (including phenoxy) is 1. The molecule has 0 unspecified atom stereocenters. The predicted molar refractivity (Wildman–Crippen MR) is 88.4 cm³/mol. The fourth-order valence-corrected chi connectivity index (χ4v) is 2.50. The van der Waals surface area contributed by atoms with Crippen molar-refractivity contribution >= 4 is 15.9 Å². The number of halogens is 1. The first kappa shape index (κ1) is 16.0. The number of benzene rings is 2. The van der Waals surface area contributed by atoms with Crippen LogP contribution in [0, 0.1) is 6.92 Å². The lowest BCUT2D eigenvalue weighted by Crippen LogP contribution is -2.18. The molecule has 21 heavy (non-hydrogen) atoms. The molecule has 0 fully saturated rings. The lowest BCUT2D eigenvalue weighted by molar-refractivity contribution is 0.288. The number of aliphatic hydroxyl groups excluding tert-OH is 1. The molecule has 0 saturated heterocycles. The van der Waals surface area contributed by atoms with Crippen molar-refractivity contribution in [2.24, 2.45) is 0 Å². The van der Waals surface area contributed by atoms with Gasteiger partial charge in [-0.1, -0.05) is 45.8 Å². The van der Waals surface area contributed by atoms with E-state index in [1.807, 2.05) is 24.3 Å². The molecule has 0 heterocycles. The van der Waals surface area contributed by atoms with Gasteiger partial charge in [-0.25, -0.2) is 0 Å². The maximum absolute atomic E-state index is 8.84. The van der Waals surface area contributed by atoms with Crippen molar-refractivity contribution in [3.05, 3.63) is 63.6 Å². The Hall–Kier alpha value is -1.36. The summed E-state index contributed by atoms with van der Waals surface area (Å²) in [7, 11) is 0. The van der Waals surface area contributed by atoms with Crippen LogP contribution in [0.4, 0.5) is 0 Å². The van der Waals surface area contributed by atoms with Gasteiger partial charge in [0.05, 0.1) is 6.61 Å². The first-order valence-corrected chi connectivity index (χ1v) is 7.76. The number of rotatable bonds is 7. The van der Waals surface area contributed by atoms with E-state index in [4.69, 9.17) is 9.84 Å². The number of nitrogens with one attached hydrogen (secondary N) is 1. The Morgan fingerprint density at radius 3 is 2.81 bits per heavy atom. The van der Waals surface area contributed by atoms with Gasteiger partial charge in [0, 0.05) is 23.1 Å². The van der Waals surface area contributed by atoms with Gasteiger partial charge in [-0.2, -0.15) is 0 Å². The van der Waals surface area contributed by atoms with E-state index < -0.39 is 0 Å². The van der Waals surface area contributed by atoms with E-state index >= 15 is 0 Å². The van der Waals surface area contributed by atoms with E-state index in [-0.39, 0.29) is 6.61 Å². The molecule has 0 aromatic heterocycles. The van der Waals surface area contributed by atoms with Gasteiger partial charge in [0.1, 0.15) is 12.4 Å². The maximum atomic E-state index is 8.84. The molecule has 2 rings (SSSR count). The number of hydrogen-bond donors (Lipinski definition) is 2. The van der Waals surface area contributed by atoms with E-state index in [2.05, 4.69) is 46.4 Å². The summed E-state index contributed by atoms with van der Waals surface area (Å²) in [5.41, 5.74) is 3.47. The van der Waals surface area contributed by atoms with E-state index in [1.165, 1.54) is 5.56 Å². The van der Waals surface area contributed by atoms with Gasteiger partial charge in [0.15, 0.2) is 0 Å². The summed E-state index contributed by atoms with van der Waals surface area (Å²) in [5.74, 6) is 0.866. The smallest absolute Gasteiger partial charge is 0.124 e. The minimum Gasteiger partial charge on any atom is -0.489 e. The van der Waals surface area contributed by atoms with Crippen LogP contribution in [0.1, 0.15) is 16.7 Å². The standard InChI is InChI=1S/C17H20BrNO2/c1-13-3-2-4-14(9-13)12-21-17-6-5-16(18)10-15(17)11-19-7-8-20/h2-6,9-10,19-20H,7-8,11-12H2,1H3. The molecule has 0 aliphatic carbocycles. The lowest BCUT2D eigenvalue weighted by atomic mass is 10.1. The highest BCUT2D eigenvalue weighted by Gasteiger charge is 2.05. The molecule has 3 nitrogen and oxygen atoms in total. The van der Waals surface area contributed by atoms with Crippen molar-refractivity contribution < 1.29 is 9.84 Å². The van der Waals surface area contributed by atoms with Crippen molar-refractivity contribution in [3.8, 4) is 5.75 Å². The zero-order valence-electron chi connectivity index (χ0n) is 12.1. The van der Waals surface area contributed by atoms with E-state index in [1.54, 1.807) is 0 Å². The molecule has 0 atom stereocenters. The normalized spacial score (nSPS) is 10.6. The minimum absolute atomic E-state index is 0.132. The molecule has 2 aromatic carbocycles. The molecule has 2 N–H and O–H groups in total. The first-order chi connectivity index (χ1) is 10.2. The zero-order chi connectivity index (χ0) is 15.1. The fraction of sp³-hybridized carbons (Fsp3) is 0.294. The Labute approximate surface area is 134 Å². The molecule has 0 spiro atoms. The molecule has 2 aromatic rings. The summed E-state index contributed by atoms with van der Waals surface area (Å²) in [5, 5.41) is 12.0. The third-order valence-electron chi connectivity index (χ3n) is 3.10. The van der Waals surface area contributed by atoms with Gasteiger partial charge in [-0.15, -0.1) is 0 Å². The lowest BCUT2D eigenvalue weighted by Gasteiger charge is -2.13. The highest BCUT2D eigenvalue weighted by Crippen LogP contribution is 2.24. The second kappa shape index (κ2) is 8.17. The third kappa shape index (κ3) is 5.16. The molecular weight excluding hydrogens is 330 g/mol. The summed E-state index contributed by atoms with van der Waals surface area (Å²) in [6.45, 7) is 4.00. The van der Waals surface area contributed by atoms with Gasteiger partial charge >= 0.3 is 0 Å². The van der Waals surface area contributed by atoms with E-state index in [0.717, 1.165) is 21.3 Å². The van der Waals surface area contributed by atoms with Crippen LogP contribution in [0.15, 0.2) is 46.9 Å². The monoisotopic (exact) mass is 349 g/mol. The Morgan fingerprint density at radius 1 is 1.19 bits per heavy atom. The zero-order valence-corrected chi connectivity index (χ0v) is 13.7. The maximum Gasteiger partial charge on any atom is 0.124 e. The predicted octanol–water partition coefficient (Wildman–Crippen LogP) is 3.42. The topological polar surface area (TPSA) is 41.5 Å². The fourth-order valence-electron chi connectivity index (χ4n) is 2.09. The highest BCUT2D eigenvalue weighted by molar-refractivity contribution is 9.10. The number of hydrogen-bond acceptors (Lipinski definition) is 3. The minimum atomic E-state index is 0.132. The molecule has 0 aliphatic rings. The Bertz CT molecular complexity index is 587. The van der Waals surface area contributed by atoms with Crippen molar-refractivity contribution in [2.75, 3.05) is 13.2 Å². The quantitative estimate of drug-likeness (QED) is 0.752. The largest absolute Gasteiger partial charge is 0.489 e. The Kier molecular flexibility index (Phi) is 6.23. The summed E-state index contributed by atoms with van der Waals surface area (Å²) in [4.78, 5) is 0. The first-order valence-electron chi connectivity index (χ1n) is 6.97. The van der Waals surface area contributed by atoms with Crippen LogP contribution in [0.5, 0.6) is 5.75 Å². The van der Waals surface area contributed by atoms with Crippen molar-refractivity contribution in [3.63, 3.8) is 0 Å². The third-order valence-corrected chi connectivity index (χ3v) is 3.60. The molecule has 0 aliphatic heterocycles. The molecule has 0 amide bonds. The molecule has 4 heteroatoms. The van der Waals surface area contributed by atoms with Crippen LogP contribution in [0.3, 0.4) is 0 Å². The van der Waals surface area contributed by atoms with Gasteiger partial charge in [-0.3, -0.25) is 0 Å². The second-order valence-electron chi connectivity index (χ2n) is 4.93. The van der Waals surface area contributed by atoms with Crippen molar-refractivity contribution in [1.29, 1.82) is 0 Å². The van der Waals surface area contributed by atoms with E-state index in [0.29, 0.717) is 19.7 Å². The van der Waals surface area contributed by atoms with Crippen LogP contribution in [-0.4, -0.2) is 18.3 Å². The van der Waals surface area contributed by atoms with Gasteiger partial charge in [0.2, 0.25) is 0 Å². The summed E-state index contributed by atoms with van der Waals surface area (Å²) in [6, 6.07) is 14.3. The van der Waals surface area contributed by atoms with Crippen LogP contribution >= 0.6 is 15.9 Å². The van der Waals surface area contributed by atoms with Crippen LogP contribution in [0.25, 0.3) is 0 Å². The van der Waals surface area contributed by atoms with E-state index in [9.17, 15) is 0 Å². The average Bonchev–Trinajstić information content (AvgIpc) is 2.47. The SMILES string of the molecule is Cc1cccc(COc2ccc(Br)cc2CNCCO)c1. The average molecular weight is 350 g/mol. The van der Waals surface area contributed by atoms with Crippen LogP contribution in [0.2, 0.25) is 0 Å². The van der Waals surface area contributed by atoms with Gasteiger partial charge in [-0.05, 0) is 30.7 Å². The number of aliphatic hydroxyl groups is 1. The van der Waals surface area contributed by atoms with Crippen LogP contribution in [-0.2, 0) is 13.2 Å². The highest BCUT2D eigenvalue weighted by atomic mass is 79.9. The molecular formula is C17H20BrNO2. The summed E-state index contributed by atoms with van der Waals surface area (Å²) < 4.78 is 6.96. The summed E-state index contributed by atoms with van der Waals surface area (Å²) in [6.07, 6.45) is 0. The number of aryl methyl sites for hydroxylation is 1. The van der Waals surface area contributed by atoms with Gasteiger partial charge < -0.3 is 15.2 Å². The summed E-state index contributed by atoms with van der Waals surface area (Å²) >= 11 is 3.48. The molecule has 0 radical (unpaired) electrons. The Balaban J connectivity index is 2.04. The van der Waals surface area contributed by atoms with Crippen LogP contribution < -0.4 is 10.1 Å². The molecule has 112 valence electrons. The second-order valence-corrected chi connectivity index (χ2v) is 5.85. The van der Waals surface area contributed by atoms with Gasteiger partial charge in [0.25, 0.3) is 0 Å². The molecule has 0 bridgehead atoms. The van der Waals surface area contributed by atoms with Crippen molar-refractivity contribution in [2.45, 2.75) is 20.1 Å². The molecule has 0 saturated carbocycles. The van der Waals surface area contributed by atoms with Crippen molar-refractivity contribution in [1.82, 2.24) is 5.32 Å².